The monoisotopic (exact) mass is 400 g/mol. The van der Waals surface area contributed by atoms with Crippen molar-refractivity contribution in [2.45, 2.75) is 26.7 Å². The predicted octanol–water partition coefficient (Wildman–Crippen LogP) is 4.49. The first-order valence-electron chi connectivity index (χ1n) is 9.85. The Kier molecular flexibility index (Phi) is 5.11. The zero-order valence-corrected chi connectivity index (χ0v) is 17.9. The molecule has 2 aromatic rings. The molecule has 2 aromatic carbocycles. The van der Waals surface area contributed by atoms with E-state index in [-0.39, 0.29) is 6.79 Å². The molecule has 1 aliphatic carbocycles. The van der Waals surface area contributed by atoms with Crippen LogP contribution >= 0.6 is 0 Å². The zero-order chi connectivity index (χ0) is 20.7. The van der Waals surface area contributed by atoms with Crippen LogP contribution in [-0.2, 0) is 12.8 Å². The van der Waals surface area contributed by atoms with Gasteiger partial charge in [-0.2, -0.15) is 0 Å². The molecule has 156 valence electrons. The Labute approximate surface area is 171 Å². The van der Waals surface area contributed by atoms with Gasteiger partial charge in [-0.1, -0.05) is 13.8 Å². The van der Waals surface area contributed by atoms with E-state index >= 15 is 0 Å². The number of benzene rings is 2. The fourth-order valence-electron chi connectivity index (χ4n) is 4.43. The molecule has 4 rings (SSSR count). The van der Waals surface area contributed by atoms with Gasteiger partial charge in [0.15, 0.2) is 23.0 Å². The first kappa shape index (κ1) is 19.6. The van der Waals surface area contributed by atoms with Gasteiger partial charge in [-0.25, -0.2) is 0 Å². The van der Waals surface area contributed by atoms with Gasteiger partial charge in [0.2, 0.25) is 18.3 Å². The lowest BCUT2D eigenvalue weighted by molar-refractivity contribution is 0.171. The number of rotatable bonds is 4. The van der Waals surface area contributed by atoms with Crippen LogP contribution in [0, 0.1) is 11.8 Å². The van der Waals surface area contributed by atoms with Crippen molar-refractivity contribution >= 4 is 0 Å². The van der Waals surface area contributed by atoms with Crippen molar-refractivity contribution in [3.63, 3.8) is 0 Å². The molecule has 0 unspecified atom stereocenters. The van der Waals surface area contributed by atoms with E-state index in [9.17, 15) is 0 Å². The smallest absolute Gasteiger partial charge is 0.231 e. The van der Waals surface area contributed by atoms with Crippen LogP contribution in [0.15, 0.2) is 12.1 Å². The van der Waals surface area contributed by atoms with Gasteiger partial charge in [-0.15, -0.1) is 0 Å². The van der Waals surface area contributed by atoms with Gasteiger partial charge in [0.25, 0.3) is 0 Å². The molecule has 6 heteroatoms. The predicted molar refractivity (Wildman–Crippen MR) is 110 cm³/mol. The summed E-state index contributed by atoms with van der Waals surface area (Å²) in [7, 11) is 6.58. The Morgan fingerprint density at radius 3 is 1.90 bits per heavy atom. The summed E-state index contributed by atoms with van der Waals surface area (Å²) in [5.41, 5.74) is 4.23. The van der Waals surface area contributed by atoms with E-state index in [1.807, 2.05) is 0 Å². The summed E-state index contributed by atoms with van der Waals surface area (Å²) in [5, 5.41) is 0. The topological polar surface area (TPSA) is 55.4 Å². The highest BCUT2D eigenvalue weighted by Gasteiger charge is 2.34. The molecule has 0 aromatic heterocycles. The molecule has 29 heavy (non-hydrogen) atoms. The number of fused-ring (bicyclic) bond motifs is 4. The van der Waals surface area contributed by atoms with E-state index in [0.29, 0.717) is 40.6 Å². The molecule has 0 spiro atoms. The van der Waals surface area contributed by atoms with Crippen molar-refractivity contribution < 1.29 is 28.4 Å². The lowest BCUT2D eigenvalue weighted by Gasteiger charge is -2.30. The largest absolute Gasteiger partial charge is 0.493 e. The Bertz CT molecular complexity index is 936. The number of hydrogen-bond donors (Lipinski definition) is 0. The van der Waals surface area contributed by atoms with Crippen molar-refractivity contribution in [2.24, 2.45) is 11.8 Å². The maximum Gasteiger partial charge on any atom is 0.231 e. The average molecular weight is 400 g/mol. The minimum absolute atomic E-state index is 0.191. The summed E-state index contributed by atoms with van der Waals surface area (Å²) in [6.45, 7) is 4.76. The van der Waals surface area contributed by atoms with Gasteiger partial charge in [0, 0.05) is 11.1 Å². The molecule has 1 aliphatic heterocycles. The Hall–Kier alpha value is -2.76. The normalized spacial score (nSPS) is 19.5. The van der Waals surface area contributed by atoms with E-state index in [4.69, 9.17) is 28.4 Å². The summed E-state index contributed by atoms with van der Waals surface area (Å²) >= 11 is 0. The molecule has 2 atom stereocenters. The third kappa shape index (κ3) is 3.02. The minimum Gasteiger partial charge on any atom is -0.493 e. The molecular weight excluding hydrogens is 372 g/mol. The van der Waals surface area contributed by atoms with Crippen LogP contribution in [0.2, 0.25) is 0 Å². The number of hydrogen-bond acceptors (Lipinski definition) is 6. The van der Waals surface area contributed by atoms with Crippen LogP contribution < -0.4 is 28.4 Å². The molecule has 0 fully saturated rings. The third-order valence-electron chi connectivity index (χ3n) is 6.12. The van der Waals surface area contributed by atoms with Gasteiger partial charge >= 0.3 is 0 Å². The van der Waals surface area contributed by atoms with E-state index in [1.54, 1.807) is 28.4 Å². The summed E-state index contributed by atoms with van der Waals surface area (Å²) in [5.74, 6) is 4.85. The standard InChI is InChI=1S/C23H28O6/c1-12-7-14-9-16(24-3)20(25-4)22(26-5)18(14)19-15(8-13(12)2)10-17-21(23(19)27-6)29-11-28-17/h9-10,12-13H,7-8,11H2,1-6H3/t12-,13+/m0/s1. The van der Waals surface area contributed by atoms with E-state index in [0.717, 1.165) is 40.8 Å². The maximum atomic E-state index is 5.88. The summed E-state index contributed by atoms with van der Waals surface area (Å²) in [6.07, 6.45) is 1.80. The third-order valence-corrected chi connectivity index (χ3v) is 6.12. The number of methoxy groups -OCH3 is 4. The van der Waals surface area contributed by atoms with E-state index < -0.39 is 0 Å². The van der Waals surface area contributed by atoms with Gasteiger partial charge in [-0.3, -0.25) is 0 Å². The average Bonchev–Trinajstić information content (AvgIpc) is 3.19. The van der Waals surface area contributed by atoms with E-state index in [2.05, 4.69) is 26.0 Å². The highest BCUT2D eigenvalue weighted by Crippen LogP contribution is 2.56. The van der Waals surface area contributed by atoms with Crippen molar-refractivity contribution in [3.05, 3.63) is 23.3 Å². The van der Waals surface area contributed by atoms with Crippen molar-refractivity contribution in [3.8, 4) is 45.6 Å². The van der Waals surface area contributed by atoms with Crippen molar-refractivity contribution in [2.75, 3.05) is 35.2 Å². The minimum atomic E-state index is 0.191. The maximum absolute atomic E-state index is 5.88. The highest BCUT2D eigenvalue weighted by atomic mass is 16.7. The first-order chi connectivity index (χ1) is 14.0. The Balaban J connectivity index is 2.12. The lowest BCUT2D eigenvalue weighted by Crippen LogP contribution is -2.18. The molecule has 0 saturated carbocycles. The Morgan fingerprint density at radius 2 is 1.31 bits per heavy atom. The quantitative estimate of drug-likeness (QED) is 0.754. The van der Waals surface area contributed by atoms with Gasteiger partial charge in [0.1, 0.15) is 0 Å². The zero-order valence-electron chi connectivity index (χ0n) is 17.9. The lowest BCUT2D eigenvalue weighted by atomic mass is 9.77. The highest BCUT2D eigenvalue weighted by molar-refractivity contribution is 5.88. The summed E-state index contributed by atoms with van der Waals surface area (Å²) in [4.78, 5) is 0. The molecule has 1 heterocycles. The summed E-state index contributed by atoms with van der Waals surface area (Å²) in [6, 6.07) is 4.13. The summed E-state index contributed by atoms with van der Waals surface area (Å²) < 4.78 is 34.5. The fourth-order valence-corrected chi connectivity index (χ4v) is 4.43. The molecule has 0 radical (unpaired) electrons. The number of ether oxygens (including phenoxy) is 6. The molecule has 0 saturated heterocycles. The SMILES string of the molecule is COc1cc2c(c(OC)c1OC)-c1c(cc3c(c1OC)OCO3)C[C@@H](C)[C@@H](C)C2. The first-order valence-corrected chi connectivity index (χ1v) is 9.85. The molecular formula is C23H28O6. The van der Waals surface area contributed by atoms with Crippen molar-refractivity contribution in [1.82, 2.24) is 0 Å². The second kappa shape index (κ2) is 7.58. The van der Waals surface area contributed by atoms with Gasteiger partial charge < -0.3 is 28.4 Å². The molecule has 2 aliphatic rings. The second-order valence-corrected chi connectivity index (χ2v) is 7.72. The van der Waals surface area contributed by atoms with Crippen LogP contribution in [0.1, 0.15) is 25.0 Å². The Morgan fingerprint density at radius 1 is 0.724 bits per heavy atom. The van der Waals surface area contributed by atoms with E-state index in [1.165, 1.54) is 0 Å². The van der Waals surface area contributed by atoms with Crippen molar-refractivity contribution in [1.29, 1.82) is 0 Å². The molecule has 6 nitrogen and oxygen atoms in total. The van der Waals surface area contributed by atoms with Gasteiger partial charge in [0.05, 0.1) is 28.4 Å². The molecule has 0 N–H and O–H groups in total. The fraction of sp³-hybridized carbons (Fsp3) is 0.478. The van der Waals surface area contributed by atoms with Crippen LogP contribution in [-0.4, -0.2) is 35.2 Å². The second-order valence-electron chi connectivity index (χ2n) is 7.72. The van der Waals surface area contributed by atoms with Crippen LogP contribution in [0.4, 0.5) is 0 Å². The van der Waals surface area contributed by atoms with Crippen LogP contribution in [0.3, 0.4) is 0 Å². The van der Waals surface area contributed by atoms with Gasteiger partial charge in [-0.05, 0) is 47.9 Å². The van der Waals surface area contributed by atoms with Crippen LogP contribution in [0.25, 0.3) is 11.1 Å². The molecule has 0 bridgehead atoms. The molecule has 0 amide bonds. The van der Waals surface area contributed by atoms with Crippen LogP contribution in [0.5, 0.6) is 34.5 Å².